The lowest BCUT2D eigenvalue weighted by atomic mass is 10.1. The molecule has 6 nitrogen and oxygen atoms in total. The lowest BCUT2D eigenvalue weighted by molar-refractivity contribution is 0.401. The summed E-state index contributed by atoms with van der Waals surface area (Å²) in [4.78, 5) is 0. The van der Waals surface area contributed by atoms with Crippen LogP contribution in [-0.4, -0.2) is 18.6 Å². The van der Waals surface area contributed by atoms with Gasteiger partial charge in [0.1, 0.15) is 0 Å². The van der Waals surface area contributed by atoms with Gasteiger partial charge in [-0.25, -0.2) is 8.42 Å². The Bertz CT molecular complexity index is 416. The van der Waals surface area contributed by atoms with E-state index in [1.165, 1.54) is 0 Å². The molecule has 0 radical (unpaired) electrons. The van der Waals surface area contributed by atoms with Crippen LogP contribution < -0.4 is 4.72 Å². The van der Waals surface area contributed by atoms with Crippen LogP contribution in [0.15, 0.2) is 4.42 Å². The Balaban J connectivity index is 2.78. The van der Waals surface area contributed by atoms with E-state index in [9.17, 15) is 18.6 Å². The van der Waals surface area contributed by atoms with Gasteiger partial charge >= 0.3 is 0 Å². The quantitative estimate of drug-likeness (QED) is 0.450. The predicted octanol–water partition coefficient (Wildman–Crippen LogP) is 1.36. The molecule has 0 aliphatic heterocycles. The number of furan rings is 1. The Hall–Kier alpha value is -1.37. The first-order valence-corrected chi connectivity index (χ1v) is 6.18. The van der Waals surface area contributed by atoms with Crippen molar-refractivity contribution in [2.75, 3.05) is 4.72 Å². The minimum atomic E-state index is -2.92. The molecule has 0 bridgehead atoms. The first kappa shape index (κ1) is 12.7. The van der Waals surface area contributed by atoms with E-state index in [1.807, 2.05) is 11.6 Å². The Morgan fingerprint density at radius 1 is 1.25 bits per heavy atom. The Kier molecular flexibility index (Phi) is 4.48. The zero-order valence-corrected chi connectivity index (χ0v) is 9.79. The van der Waals surface area contributed by atoms with E-state index in [-0.39, 0.29) is 11.6 Å². The topological polar surface area (TPSA) is 99.8 Å². The van der Waals surface area contributed by atoms with Crippen LogP contribution in [0.5, 0.6) is 11.5 Å². The van der Waals surface area contributed by atoms with Crippen LogP contribution in [0.1, 0.15) is 31.9 Å². The van der Waals surface area contributed by atoms with Crippen LogP contribution in [0.2, 0.25) is 0 Å². The molecule has 92 valence electrons. The molecular formula is C9H15NO5S. The summed E-state index contributed by atoms with van der Waals surface area (Å²) in [6.45, 7) is 2.04. The van der Waals surface area contributed by atoms with Crippen molar-refractivity contribution in [1.82, 2.24) is 0 Å². The highest BCUT2D eigenvalue weighted by Gasteiger charge is 2.18. The van der Waals surface area contributed by atoms with Crippen molar-refractivity contribution in [3.05, 3.63) is 5.76 Å². The van der Waals surface area contributed by atoms with Crippen molar-refractivity contribution in [1.29, 1.82) is 0 Å². The smallest absolute Gasteiger partial charge is 0.253 e. The van der Waals surface area contributed by atoms with E-state index in [0.29, 0.717) is 6.42 Å². The Morgan fingerprint density at radius 3 is 2.50 bits per heavy atom. The molecule has 0 saturated carbocycles. The second-order valence-corrected chi connectivity index (χ2v) is 4.12. The average molecular weight is 249 g/mol. The summed E-state index contributed by atoms with van der Waals surface area (Å²) in [5.41, 5.74) is 0. The molecular weight excluding hydrogens is 234 g/mol. The first-order chi connectivity index (χ1) is 7.56. The van der Waals surface area contributed by atoms with Crippen molar-refractivity contribution in [2.45, 2.75) is 32.6 Å². The molecule has 0 aliphatic carbocycles. The molecule has 0 fully saturated rings. The van der Waals surface area contributed by atoms with E-state index < -0.39 is 22.4 Å². The standard InChI is InChI=1S/C9H15NO5S/c1-2-3-4-5-6-7(11)8(12)9(15-6)10-16(13)14/h11-12,16H,2-5H2,1H3,(H,10,13,14). The largest absolute Gasteiger partial charge is 0.502 e. The molecule has 3 N–H and O–H groups in total. The highest BCUT2D eigenvalue weighted by atomic mass is 32.2. The third kappa shape index (κ3) is 3.06. The maximum Gasteiger partial charge on any atom is 0.253 e. The summed E-state index contributed by atoms with van der Waals surface area (Å²) in [5, 5.41) is 18.8. The average Bonchev–Trinajstić information content (AvgIpc) is 2.47. The number of hydrogen-bond donors (Lipinski definition) is 4. The summed E-state index contributed by atoms with van der Waals surface area (Å²) in [6, 6.07) is 0. The molecule has 0 spiro atoms. The minimum absolute atomic E-state index is 0.199. The maximum atomic E-state index is 10.4. The molecule has 0 aliphatic rings. The molecule has 0 atom stereocenters. The number of aromatic hydroxyl groups is 2. The summed E-state index contributed by atoms with van der Waals surface area (Å²) < 4.78 is 27.7. The lowest BCUT2D eigenvalue weighted by Crippen LogP contribution is -1.92. The van der Waals surface area contributed by atoms with Gasteiger partial charge in [-0.1, -0.05) is 19.8 Å². The highest BCUT2D eigenvalue weighted by molar-refractivity contribution is 7.73. The minimum Gasteiger partial charge on any atom is -0.502 e. The van der Waals surface area contributed by atoms with Crippen LogP contribution in [0, 0.1) is 0 Å². The molecule has 0 aromatic carbocycles. The van der Waals surface area contributed by atoms with Gasteiger partial charge < -0.3 is 14.6 Å². The van der Waals surface area contributed by atoms with Gasteiger partial charge in [-0.05, 0) is 6.42 Å². The monoisotopic (exact) mass is 249 g/mol. The van der Waals surface area contributed by atoms with Crippen molar-refractivity contribution in [3.8, 4) is 11.5 Å². The van der Waals surface area contributed by atoms with Gasteiger partial charge in [-0.2, -0.15) is 0 Å². The zero-order valence-electron chi connectivity index (χ0n) is 8.89. The van der Waals surface area contributed by atoms with E-state index in [0.717, 1.165) is 19.3 Å². The predicted molar refractivity (Wildman–Crippen MR) is 59.2 cm³/mol. The molecule has 1 heterocycles. The van der Waals surface area contributed by atoms with Crippen LogP contribution >= 0.6 is 0 Å². The fourth-order valence-electron chi connectivity index (χ4n) is 1.32. The molecule has 0 amide bonds. The van der Waals surface area contributed by atoms with Gasteiger partial charge in [0.15, 0.2) is 5.76 Å². The fraction of sp³-hybridized carbons (Fsp3) is 0.556. The first-order valence-electron chi connectivity index (χ1n) is 5.00. The van der Waals surface area contributed by atoms with Crippen molar-refractivity contribution in [2.24, 2.45) is 0 Å². The van der Waals surface area contributed by atoms with Crippen LogP contribution in [0.25, 0.3) is 0 Å². The molecule has 0 saturated heterocycles. The number of anilines is 1. The van der Waals surface area contributed by atoms with Gasteiger partial charge in [0.05, 0.1) is 0 Å². The number of nitrogens with one attached hydrogen (secondary N) is 1. The normalized spacial score (nSPS) is 10.9. The molecule has 0 unspecified atom stereocenters. The Labute approximate surface area is 95.0 Å². The van der Waals surface area contributed by atoms with E-state index in [4.69, 9.17) is 4.42 Å². The highest BCUT2D eigenvalue weighted by Crippen LogP contribution is 2.40. The van der Waals surface area contributed by atoms with Crippen LogP contribution in [-0.2, 0) is 17.3 Å². The maximum absolute atomic E-state index is 10.4. The van der Waals surface area contributed by atoms with Crippen molar-refractivity contribution < 1.29 is 23.0 Å². The van der Waals surface area contributed by atoms with Crippen molar-refractivity contribution in [3.63, 3.8) is 0 Å². The van der Waals surface area contributed by atoms with Crippen LogP contribution in [0.4, 0.5) is 5.88 Å². The molecule has 1 aromatic heterocycles. The van der Waals surface area contributed by atoms with Gasteiger partial charge in [-0.3, -0.25) is 4.72 Å². The second-order valence-electron chi connectivity index (χ2n) is 3.38. The summed E-state index contributed by atoms with van der Waals surface area (Å²) >= 11 is 0. The summed E-state index contributed by atoms with van der Waals surface area (Å²) in [5.74, 6) is -1.09. The SMILES string of the molecule is CCCCCc1oc(N[SH](=O)=O)c(O)c1O. The van der Waals surface area contributed by atoms with Gasteiger partial charge in [0.2, 0.25) is 22.4 Å². The Morgan fingerprint density at radius 2 is 1.94 bits per heavy atom. The van der Waals surface area contributed by atoms with E-state index >= 15 is 0 Å². The van der Waals surface area contributed by atoms with Crippen LogP contribution in [0.3, 0.4) is 0 Å². The third-order valence-corrected chi connectivity index (χ3v) is 2.51. The third-order valence-electron chi connectivity index (χ3n) is 2.13. The lowest BCUT2D eigenvalue weighted by Gasteiger charge is -1.95. The number of aryl methyl sites for hydroxylation is 1. The molecule has 7 heteroatoms. The van der Waals surface area contributed by atoms with E-state index in [2.05, 4.69) is 0 Å². The van der Waals surface area contributed by atoms with Crippen molar-refractivity contribution >= 4 is 16.8 Å². The van der Waals surface area contributed by atoms with E-state index in [1.54, 1.807) is 0 Å². The van der Waals surface area contributed by atoms with Gasteiger partial charge in [0, 0.05) is 6.42 Å². The molecule has 1 rings (SSSR count). The second kappa shape index (κ2) is 5.64. The number of thiol groups is 1. The molecule has 1 aromatic rings. The van der Waals surface area contributed by atoms with Gasteiger partial charge in [0.25, 0.3) is 5.88 Å². The molecule has 16 heavy (non-hydrogen) atoms. The fourth-order valence-corrected chi connectivity index (χ4v) is 1.64. The number of unbranched alkanes of at least 4 members (excludes halogenated alkanes) is 2. The summed E-state index contributed by atoms with van der Waals surface area (Å²) in [6.07, 6.45) is 3.26. The number of hydrogen-bond acceptors (Lipinski definition) is 5. The summed E-state index contributed by atoms with van der Waals surface area (Å²) in [7, 11) is -2.92. The van der Waals surface area contributed by atoms with Gasteiger partial charge in [-0.15, -0.1) is 0 Å². The number of rotatable bonds is 6. The zero-order chi connectivity index (χ0) is 12.1.